The summed E-state index contributed by atoms with van der Waals surface area (Å²) in [6.45, 7) is 3.38. The van der Waals surface area contributed by atoms with Crippen LogP contribution in [0, 0.1) is 24.0 Å². The van der Waals surface area contributed by atoms with Crippen LogP contribution >= 0.6 is 11.6 Å². The van der Waals surface area contributed by atoms with E-state index < -0.39 is 23.4 Å². The molecule has 0 aliphatic carbocycles. The van der Waals surface area contributed by atoms with Gasteiger partial charge in [-0.05, 0) is 54.8 Å². The van der Waals surface area contributed by atoms with Crippen molar-refractivity contribution in [2.75, 3.05) is 11.9 Å². The molecule has 0 aliphatic rings. The number of benzene rings is 2. The molecule has 2 rings (SSSR count). The number of anilines is 1. The number of nitro benzene ring substituents is 1. The number of nitrogens with one attached hydrogen (secondary N) is 1. The molecule has 8 heteroatoms. The van der Waals surface area contributed by atoms with Gasteiger partial charge in [0.25, 0.3) is 11.6 Å². The van der Waals surface area contributed by atoms with E-state index in [0.717, 1.165) is 17.2 Å². The van der Waals surface area contributed by atoms with Crippen LogP contribution in [-0.4, -0.2) is 23.4 Å². The van der Waals surface area contributed by atoms with Crippen molar-refractivity contribution in [1.82, 2.24) is 0 Å². The molecule has 1 N–H and O–H groups in total. The lowest BCUT2D eigenvalue weighted by Crippen LogP contribution is -2.20. The number of hydrogen-bond donors (Lipinski definition) is 1. The van der Waals surface area contributed by atoms with Crippen LogP contribution in [0.2, 0.25) is 5.02 Å². The molecule has 0 saturated heterocycles. The lowest BCUT2D eigenvalue weighted by atomic mass is 10.1. The van der Waals surface area contributed by atoms with Gasteiger partial charge in [-0.3, -0.25) is 14.9 Å². The number of aryl methyl sites for hydroxylation is 2. The zero-order chi connectivity index (χ0) is 20.0. The Morgan fingerprint density at radius 3 is 2.48 bits per heavy atom. The molecule has 0 atom stereocenters. The van der Waals surface area contributed by atoms with Gasteiger partial charge in [-0.15, -0.1) is 0 Å². The van der Waals surface area contributed by atoms with Gasteiger partial charge in [-0.25, -0.2) is 4.79 Å². The van der Waals surface area contributed by atoms with Gasteiger partial charge in [-0.2, -0.15) is 0 Å². The SMILES string of the molecule is Cc1cc(C)cc(NC(=O)COC(=O)/C=C/c2ccc(Cl)c([N+](=O)[O-])c2)c1. The van der Waals surface area contributed by atoms with Gasteiger partial charge in [0.2, 0.25) is 0 Å². The van der Waals surface area contributed by atoms with Crippen molar-refractivity contribution in [3.8, 4) is 0 Å². The highest BCUT2D eigenvalue weighted by molar-refractivity contribution is 6.32. The van der Waals surface area contributed by atoms with Crippen LogP contribution < -0.4 is 5.32 Å². The summed E-state index contributed by atoms with van der Waals surface area (Å²) in [7, 11) is 0. The number of carbonyl (C=O) groups is 2. The van der Waals surface area contributed by atoms with Crippen LogP contribution in [0.4, 0.5) is 11.4 Å². The number of carbonyl (C=O) groups excluding carboxylic acids is 2. The highest BCUT2D eigenvalue weighted by atomic mass is 35.5. The Labute approximate surface area is 160 Å². The van der Waals surface area contributed by atoms with Crippen LogP contribution in [-0.2, 0) is 14.3 Å². The molecule has 2 aromatic carbocycles. The number of halogens is 1. The molecule has 0 fully saturated rings. The summed E-state index contributed by atoms with van der Waals surface area (Å²) < 4.78 is 4.86. The van der Waals surface area contributed by atoms with E-state index in [4.69, 9.17) is 16.3 Å². The van der Waals surface area contributed by atoms with Gasteiger partial charge in [0, 0.05) is 17.8 Å². The van der Waals surface area contributed by atoms with E-state index in [1.807, 2.05) is 19.9 Å². The average molecular weight is 389 g/mol. The molecule has 7 nitrogen and oxygen atoms in total. The van der Waals surface area contributed by atoms with E-state index in [2.05, 4.69) is 5.32 Å². The first kappa shape index (κ1) is 20.1. The molecule has 2 aromatic rings. The van der Waals surface area contributed by atoms with Crippen LogP contribution in [0.25, 0.3) is 6.08 Å². The Balaban J connectivity index is 1.90. The number of amides is 1. The topological polar surface area (TPSA) is 98.5 Å². The molecule has 0 spiro atoms. The largest absolute Gasteiger partial charge is 0.452 e. The van der Waals surface area contributed by atoms with Crippen molar-refractivity contribution in [1.29, 1.82) is 0 Å². The number of nitrogens with zero attached hydrogens (tertiary/aromatic N) is 1. The zero-order valence-corrected chi connectivity index (χ0v) is 15.4. The first-order valence-corrected chi connectivity index (χ1v) is 8.29. The Hall–Kier alpha value is -3.19. The van der Waals surface area contributed by atoms with Crippen LogP contribution in [0.1, 0.15) is 16.7 Å². The van der Waals surface area contributed by atoms with E-state index >= 15 is 0 Å². The summed E-state index contributed by atoms with van der Waals surface area (Å²) in [4.78, 5) is 33.8. The summed E-state index contributed by atoms with van der Waals surface area (Å²) in [6, 6.07) is 9.70. The normalized spacial score (nSPS) is 10.6. The third kappa shape index (κ3) is 6.23. The maximum Gasteiger partial charge on any atom is 0.331 e. The van der Waals surface area contributed by atoms with Gasteiger partial charge in [-0.1, -0.05) is 23.7 Å². The molecular formula is C19H17ClN2O5. The molecule has 0 bridgehead atoms. The highest BCUT2D eigenvalue weighted by Crippen LogP contribution is 2.25. The molecule has 0 aromatic heterocycles. The van der Waals surface area contributed by atoms with Gasteiger partial charge in [0.1, 0.15) is 5.02 Å². The number of ether oxygens (including phenoxy) is 1. The van der Waals surface area contributed by atoms with Gasteiger partial charge in [0.15, 0.2) is 6.61 Å². The second-order valence-electron chi connectivity index (χ2n) is 5.83. The quantitative estimate of drug-likeness (QED) is 0.348. The number of hydrogen-bond acceptors (Lipinski definition) is 5. The van der Waals surface area contributed by atoms with Crippen LogP contribution in [0.5, 0.6) is 0 Å². The number of rotatable bonds is 6. The predicted octanol–water partition coefficient (Wildman–Crippen LogP) is 4.06. The van der Waals surface area contributed by atoms with Gasteiger partial charge in [0.05, 0.1) is 4.92 Å². The fourth-order valence-electron chi connectivity index (χ4n) is 2.37. The Bertz CT molecular complexity index is 904. The van der Waals surface area contributed by atoms with Gasteiger partial charge < -0.3 is 10.1 Å². The summed E-state index contributed by atoms with van der Waals surface area (Å²) in [5.74, 6) is -1.22. The molecule has 1 amide bonds. The zero-order valence-electron chi connectivity index (χ0n) is 14.7. The number of nitro groups is 1. The van der Waals surface area contributed by atoms with Crippen molar-refractivity contribution in [2.24, 2.45) is 0 Å². The maximum absolute atomic E-state index is 11.9. The minimum atomic E-state index is -0.747. The minimum absolute atomic E-state index is 0.00258. The lowest BCUT2D eigenvalue weighted by Gasteiger charge is -2.07. The molecule has 0 aliphatic heterocycles. The van der Waals surface area contributed by atoms with Crippen molar-refractivity contribution in [3.05, 3.63) is 74.3 Å². The van der Waals surface area contributed by atoms with E-state index in [1.54, 1.807) is 12.1 Å². The Morgan fingerprint density at radius 1 is 1.19 bits per heavy atom. The summed E-state index contributed by atoms with van der Waals surface area (Å²) >= 11 is 5.72. The Morgan fingerprint density at radius 2 is 1.85 bits per heavy atom. The van der Waals surface area contributed by atoms with E-state index in [1.165, 1.54) is 24.3 Å². The average Bonchev–Trinajstić information content (AvgIpc) is 2.58. The standard InChI is InChI=1S/C19H17ClN2O5/c1-12-7-13(2)9-15(8-12)21-18(23)11-27-19(24)6-4-14-3-5-16(20)17(10-14)22(25)26/h3-10H,11H2,1-2H3,(H,21,23)/b6-4+. The van der Waals surface area contributed by atoms with E-state index in [-0.39, 0.29) is 10.7 Å². The highest BCUT2D eigenvalue weighted by Gasteiger charge is 2.12. The molecule has 27 heavy (non-hydrogen) atoms. The van der Waals surface area contributed by atoms with Crippen molar-refractivity contribution in [3.63, 3.8) is 0 Å². The van der Waals surface area contributed by atoms with Crippen molar-refractivity contribution >= 4 is 40.9 Å². The first-order chi connectivity index (χ1) is 12.7. The minimum Gasteiger partial charge on any atom is -0.452 e. The number of esters is 1. The van der Waals surface area contributed by atoms with Crippen molar-refractivity contribution < 1.29 is 19.2 Å². The van der Waals surface area contributed by atoms with E-state index in [0.29, 0.717) is 11.3 Å². The molecule has 0 radical (unpaired) electrons. The van der Waals surface area contributed by atoms with Crippen LogP contribution in [0.3, 0.4) is 0 Å². The Kier molecular flexibility index (Phi) is 6.67. The molecule has 0 saturated carbocycles. The molecular weight excluding hydrogens is 372 g/mol. The van der Waals surface area contributed by atoms with Crippen molar-refractivity contribution in [2.45, 2.75) is 13.8 Å². The maximum atomic E-state index is 11.9. The summed E-state index contributed by atoms with van der Waals surface area (Å²) in [6.07, 6.45) is 2.42. The fourth-order valence-corrected chi connectivity index (χ4v) is 2.55. The molecule has 140 valence electrons. The summed E-state index contributed by atoms with van der Waals surface area (Å²) in [5.41, 5.74) is 2.77. The van der Waals surface area contributed by atoms with E-state index in [9.17, 15) is 19.7 Å². The third-order valence-electron chi connectivity index (χ3n) is 3.43. The molecule has 0 unspecified atom stereocenters. The fraction of sp³-hybridized carbons (Fsp3) is 0.158. The molecule has 0 heterocycles. The third-order valence-corrected chi connectivity index (χ3v) is 3.75. The second kappa shape index (κ2) is 8.95. The lowest BCUT2D eigenvalue weighted by molar-refractivity contribution is -0.384. The predicted molar refractivity (Wildman–Crippen MR) is 103 cm³/mol. The summed E-state index contributed by atoms with van der Waals surface area (Å²) in [5, 5.41) is 13.5. The first-order valence-electron chi connectivity index (χ1n) is 7.91. The monoisotopic (exact) mass is 388 g/mol. The van der Waals surface area contributed by atoms with Crippen LogP contribution in [0.15, 0.2) is 42.5 Å². The smallest absolute Gasteiger partial charge is 0.331 e. The van der Waals surface area contributed by atoms with Gasteiger partial charge >= 0.3 is 5.97 Å². The second-order valence-corrected chi connectivity index (χ2v) is 6.24.